The van der Waals surface area contributed by atoms with Gasteiger partial charge in [-0.1, -0.05) is 52.5 Å². The van der Waals surface area contributed by atoms with Crippen molar-refractivity contribution < 1.29 is 9.59 Å². The van der Waals surface area contributed by atoms with E-state index in [1.807, 2.05) is 0 Å². The second kappa shape index (κ2) is 9.72. The molecule has 0 atom stereocenters. The Labute approximate surface area is 175 Å². The topological polar surface area (TPSA) is 49.4 Å². The molecule has 0 bridgehead atoms. The van der Waals surface area contributed by atoms with Crippen LogP contribution in [0.25, 0.3) is 0 Å². The minimum Gasteiger partial charge on any atom is -0.336 e. The van der Waals surface area contributed by atoms with E-state index in [0.717, 1.165) is 0 Å². The third-order valence-corrected chi connectivity index (χ3v) is 5.62. The van der Waals surface area contributed by atoms with Crippen LogP contribution in [0.15, 0.2) is 41.3 Å². The lowest BCUT2D eigenvalue weighted by Gasteiger charge is -2.17. The van der Waals surface area contributed by atoms with E-state index >= 15 is 0 Å². The fraction of sp³-hybridized carbons (Fsp3) is 0.176. The van der Waals surface area contributed by atoms with Crippen LogP contribution in [0.4, 0.5) is 5.69 Å². The van der Waals surface area contributed by atoms with Gasteiger partial charge in [0.15, 0.2) is 0 Å². The number of hydrogen-bond donors (Lipinski definition) is 1. The average Bonchev–Trinajstić information content (AvgIpc) is 2.58. The van der Waals surface area contributed by atoms with Crippen molar-refractivity contribution in [3.8, 4) is 0 Å². The second-order valence-corrected chi connectivity index (χ2v) is 7.93. The summed E-state index contributed by atoms with van der Waals surface area (Å²) in [4.78, 5) is 26.4. The molecule has 0 aliphatic rings. The van der Waals surface area contributed by atoms with Crippen molar-refractivity contribution >= 4 is 75.7 Å². The standard InChI is InChI=1S/C17H14Cl4N2O2S/c1-23(8-15(24)22-17-12(20)3-2-4-13(17)21)16(25)9-26-14-7-10(18)5-6-11(14)19/h2-7H,8-9H2,1H3,(H,22,24). The van der Waals surface area contributed by atoms with Crippen molar-refractivity contribution in [1.29, 1.82) is 0 Å². The first-order valence-corrected chi connectivity index (χ1v) is 9.83. The van der Waals surface area contributed by atoms with Crippen LogP contribution in [0.5, 0.6) is 0 Å². The summed E-state index contributed by atoms with van der Waals surface area (Å²) >= 11 is 25.3. The SMILES string of the molecule is CN(CC(=O)Nc1c(Cl)cccc1Cl)C(=O)CSc1cc(Cl)ccc1Cl. The number of para-hydroxylation sites is 1. The zero-order valence-electron chi connectivity index (χ0n) is 13.6. The Kier molecular flexibility index (Phi) is 7.92. The van der Waals surface area contributed by atoms with Crippen LogP contribution in [-0.4, -0.2) is 36.1 Å². The summed E-state index contributed by atoms with van der Waals surface area (Å²) in [5, 5.41) is 4.31. The maximum Gasteiger partial charge on any atom is 0.244 e. The average molecular weight is 452 g/mol. The van der Waals surface area contributed by atoms with Gasteiger partial charge in [0.1, 0.15) is 0 Å². The van der Waals surface area contributed by atoms with Gasteiger partial charge in [-0.2, -0.15) is 0 Å². The number of carbonyl (C=O) groups is 2. The third kappa shape index (κ3) is 5.96. The van der Waals surface area contributed by atoms with Gasteiger partial charge in [-0.05, 0) is 30.3 Å². The molecule has 2 aromatic rings. The number of carbonyl (C=O) groups excluding carboxylic acids is 2. The lowest BCUT2D eigenvalue weighted by molar-refractivity contribution is -0.131. The van der Waals surface area contributed by atoms with Crippen molar-refractivity contribution in [3.63, 3.8) is 0 Å². The number of nitrogens with zero attached hydrogens (tertiary/aromatic N) is 1. The monoisotopic (exact) mass is 450 g/mol. The fourth-order valence-electron chi connectivity index (χ4n) is 1.94. The number of amides is 2. The van der Waals surface area contributed by atoms with E-state index in [4.69, 9.17) is 46.4 Å². The van der Waals surface area contributed by atoms with Gasteiger partial charge < -0.3 is 10.2 Å². The van der Waals surface area contributed by atoms with Crippen LogP contribution in [0.1, 0.15) is 0 Å². The van der Waals surface area contributed by atoms with E-state index < -0.39 is 5.91 Å². The van der Waals surface area contributed by atoms with Gasteiger partial charge in [-0.15, -0.1) is 11.8 Å². The highest BCUT2D eigenvalue weighted by Crippen LogP contribution is 2.31. The number of benzene rings is 2. The van der Waals surface area contributed by atoms with E-state index in [1.54, 1.807) is 36.4 Å². The Bertz CT molecular complexity index is 812. The zero-order chi connectivity index (χ0) is 19.3. The zero-order valence-corrected chi connectivity index (χ0v) is 17.4. The molecule has 0 spiro atoms. The number of likely N-dealkylation sites (N-methyl/N-ethyl adjacent to an activating group) is 1. The molecule has 9 heteroatoms. The predicted octanol–water partition coefficient (Wildman–Crippen LogP) is 5.49. The fourth-order valence-corrected chi connectivity index (χ4v) is 3.86. The predicted molar refractivity (Wildman–Crippen MR) is 110 cm³/mol. The van der Waals surface area contributed by atoms with Crippen LogP contribution >= 0.6 is 58.2 Å². The van der Waals surface area contributed by atoms with Gasteiger partial charge in [-0.25, -0.2) is 0 Å². The molecule has 0 aliphatic heterocycles. The van der Waals surface area contributed by atoms with Gasteiger partial charge in [-0.3, -0.25) is 9.59 Å². The molecule has 0 unspecified atom stereocenters. The van der Waals surface area contributed by atoms with Gasteiger partial charge in [0.25, 0.3) is 0 Å². The minimum absolute atomic E-state index is 0.122. The minimum atomic E-state index is -0.401. The van der Waals surface area contributed by atoms with Crippen molar-refractivity contribution in [3.05, 3.63) is 56.5 Å². The third-order valence-electron chi connectivity index (χ3n) is 3.28. The smallest absolute Gasteiger partial charge is 0.244 e. The molecular formula is C17H14Cl4N2O2S. The highest BCUT2D eigenvalue weighted by molar-refractivity contribution is 8.00. The second-order valence-electron chi connectivity index (χ2n) is 5.26. The lowest BCUT2D eigenvalue weighted by Crippen LogP contribution is -2.36. The molecule has 2 amide bonds. The van der Waals surface area contributed by atoms with Crippen molar-refractivity contribution in [2.45, 2.75) is 4.90 Å². The van der Waals surface area contributed by atoms with Gasteiger partial charge in [0.2, 0.25) is 11.8 Å². The molecule has 0 fully saturated rings. The van der Waals surface area contributed by atoms with Crippen LogP contribution < -0.4 is 5.32 Å². The van der Waals surface area contributed by atoms with E-state index in [9.17, 15) is 9.59 Å². The first-order valence-electron chi connectivity index (χ1n) is 7.33. The normalized spacial score (nSPS) is 10.5. The molecule has 0 radical (unpaired) electrons. The quantitative estimate of drug-likeness (QED) is 0.590. The Balaban J connectivity index is 1.90. The van der Waals surface area contributed by atoms with Crippen LogP contribution in [0.2, 0.25) is 20.1 Å². The summed E-state index contributed by atoms with van der Waals surface area (Å²) in [6, 6.07) is 9.93. The highest BCUT2D eigenvalue weighted by Gasteiger charge is 2.16. The molecule has 0 saturated heterocycles. The largest absolute Gasteiger partial charge is 0.336 e. The number of hydrogen-bond acceptors (Lipinski definition) is 3. The first kappa shape index (κ1) is 21.2. The molecule has 2 rings (SSSR count). The van der Waals surface area contributed by atoms with E-state index in [0.29, 0.717) is 30.7 Å². The van der Waals surface area contributed by atoms with Crippen molar-refractivity contribution in [1.82, 2.24) is 4.90 Å². The summed E-state index contributed by atoms with van der Waals surface area (Å²) < 4.78 is 0. The number of thioether (sulfide) groups is 1. The van der Waals surface area contributed by atoms with Crippen molar-refractivity contribution in [2.75, 3.05) is 24.7 Å². The van der Waals surface area contributed by atoms with Gasteiger partial charge >= 0.3 is 0 Å². The van der Waals surface area contributed by atoms with Crippen LogP contribution in [0.3, 0.4) is 0 Å². The van der Waals surface area contributed by atoms with Crippen LogP contribution in [-0.2, 0) is 9.59 Å². The maximum atomic E-state index is 12.2. The molecule has 0 saturated carbocycles. The maximum absolute atomic E-state index is 12.2. The molecular weight excluding hydrogens is 438 g/mol. The summed E-state index contributed by atoms with van der Waals surface area (Å²) in [6.07, 6.45) is 0. The van der Waals surface area contributed by atoms with Gasteiger partial charge in [0, 0.05) is 17.0 Å². The Morgan fingerprint density at radius 3 is 2.35 bits per heavy atom. The summed E-state index contributed by atoms with van der Waals surface area (Å²) in [6.45, 7) is -0.135. The molecule has 2 aromatic carbocycles. The number of nitrogens with one attached hydrogen (secondary N) is 1. The van der Waals surface area contributed by atoms with E-state index in [2.05, 4.69) is 5.32 Å². The summed E-state index contributed by atoms with van der Waals surface area (Å²) in [7, 11) is 1.54. The molecule has 0 aromatic heterocycles. The molecule has 1 N–H and O–H groups in total. The molecule has 138 valence electrons. The van der Waals surface area contributed by atoms with E-state index in [1.165, 1.54) is 23.7 Å². The summed E-state index contributed by atoms with van der Waals surface area (Å²) in [5.41, 5.74) is 0.321. The van der Waals surface area contributed by atoms with Crippen molar-refractivity contribution in [2.24, 2.45) is 0 Å². The number of rotatable bonds is 6. The molecule has 26 heavy (non-hydrogen) atoms. The Morgan fingerprint density at radius 1 is 1.04 bits per heavy atom. The first-order chi connectivity index (χ1) is 12.3. The Morgan fingerprint density at radius 2 is 1.69 bits per heavy atom. The number of halogens is 4. The Hall–Kier alpha value is -1.11. The van der Waals surface area contributed by atoms with E-state index in [-0.39, 0.29) is 18.2 Å². The molecule has 0 aliphatic carbocycles. The lowest BCUT2D eigenvalue weighted by atomic mass is 10.3. The summed E-state index contributed by atoms with van der Waals surface area (Å²) in [5.74, 6) is -0.510. The highest BCUT2D eigenvalue weighted by atomic mass is 35.5. The molecule has 4 nitrogen and oxygen atoms in total. The number of anilines is 1. The molecule has 0 heterocycles. The van der Waals surface area contributed by atoms with Crippen LogP contribution in [0, 0.1) is 0 Å². The van der Waals surface area contributed by atoms with Gasteiger partial charge in [0.05, 0.1) is 33.1 Å².